The van der Waals surface area contributed by atoms with Gasteiger partial charge in [-0.3, -0.25) is 4.68 Å². The second-order valence-corrected chi connectivity index (χ2v) is 3.59. The van der Waals surface area contributed by atoms with Crippen LogP contribution in [0.15, 0.2) is 4.60 Å². The minimum atomic E-state index is -2.68. The van der Waals surface area contributed by atoms with Gasteiger partial charge >= 0.3 is 0 Å². The van der Waals surface area contributed by atoms with Crippen LogP contribution in [0.2, 0.25) is 0 Å². The first-order valence-electron chi connectivity index (χ1n) is 3.38. The molecule has 0 spiro atoms. The fraction of sp³-hybridized carbons (Fsp3) is 0.500. The van der Waals surface area contributed by atoms with E-state index in [9.17, 15) is 8.78 Å². The third kappa shape index (κ3) is 1.01. The van der Waals surface area contributed by atoms with Crippen molar-refractivity contribution in [1.29, 1.82) is 0 Å². The lowest BCUT2D eigenvalue weighted by Crippen LogP contribution is -2.17. The van der Waals surface area contributed by atoms with Crippen molar-refractivity contribution in [2.24, 2.45) is 0 Å². The molecule has 2 N–H and O–H groups in total. The van der Waals surface area contributed by atoms with Gasteiger partial charge < -0.3 is 5.73 Å². The topological polar surface area (TPSA) is 43.8 Å². The Hall–Kier alpha value is -0.650. The highest BCUT2D eigenvalue weighted by Crippen LogP contribution is 2.35. The smallest absolute Gasteiger partial charge is 0.272 e. The molecule has 66 valence electrons. The number of rotatable bonds is 0. The van der Waals surface area contributed by atoms with Crippen LogP contribution < -0.4 is 5.73 Å². The number of nitrogens with two attached hydrogens (primary N) is 1. The number of halogens is 3. The molecule has 12 heavy (non-hydrogen) atoms. The average Bonchev–Trinajstić information content (AvgIpc) is 2.33. The van der Waals surface area contributed by atoms with Crippen molar-refractivity contribution in [3.8, 4) is 0 Å². The van der Waals surface area contributed by atoms with Crippen molar-refractivity contribution in [2.75, 3.05) is 5.73 Å². The van der Waals surface area contributed by atoms with Gasteiger partial charge in [-0.05, 0) is 15.9 Å². The Balaban J connectivity index is 2.46. The van der Waals surface area contributed by atoms with Crippen LogP contribution in [0.1, 0.15) is 5.69 Å². The summed E-state index contributed by atoms with van der Waals surface area (Å²) in [4.78, 5) is 0. The molecule has 1 aromatic heterocycles. The lowest BCUT2D eigenvalue weighted by molar-refractivity contribution is 0.000951. The summed E-state index contributed by atoms with van der Waals surface area (Å²) in [6, 6.07) is 0. The second kappa shape index (κ2) is 2.18. The minimum Gasteiger partial charge on any atom is -0.395 e. The van der Waals surface area contributed by atoms with E-state index >= 15 is 0 Å². The first-order chi connectivity index (χ1) is 5.49. The molecule has 0 saturated carbocycles. The monoisotopic (exact) mass is 237 g/mol. The van der Waals surface area contributed by atoms with E-state index in [1.165, 1.54) is 4.68 Å². The van der Waals surface area contributed by atoms with Gasteiger partial charge in [0.2, 0.25) is 0 Å². The van der Waals surface area contributed by atoms with E-state index in [0.29, 0.717) is 16.0 Å². The maximum Gasteiger partial charge on any atom is 0.272 e. The van der Waals surface area contributed by atoms with Crippen molar-refractivity contribution in [3.63, 3.8) is 0 Å². The SMILES string of the molecule is Nc1c(Br)nn2c1CC(F)(F)C2. The quantitative estimate of drug-likeness (QED) is 0.742. The number of aromatic nitrogens is 2. The summed E-state index contributed by atoms with van der Waals surface area (Å²) in [5, 5.41) is 3.81. The third-order valence-corrected chi connectivity index (χ3v) is 2.45. The zero-order valence-corrected chi connectivity index (χ0v) is 7.61. The Morgan fingerprint density at radius 1 is 1.58 bits per heavy atom. The maximum absolute atomic E-state index is 12.8. The summed E-state index contributed by atoms with van der Waals surface area (Å²) in [6.07, 6.45) is -0.308. The van der Waals surface area contributed by atoms with Crippen LogP contribution >= 0.6 is 15.9 Å². The largest absolute Gasteiger partial charge is 0.395 e. The molecular formula is C6H6BrF2N3. The zero-order chi connectivity index (χ0) is 8.93. The van der Waals surface area contributed by atoms with Gasteiger partial charge in [-0.2, -0.15) is 5.10 Å². The van der Waals surface area contributed by atoms with E-state index < -0.39 is 5.92 Å². The molecule has 0 atom stereocenters. The number of anilines is 1. The molecule has 0 saturated heterocycles. The molecule has 0 aromatic carbocycles. The summed E-state index contributed by atoms with van der Waals surface area (Å²) in [5.74, 6) is -2.68. The Morgan fingerprint density at radius 3 is 2.83 bits per heavy atom. The van der Waals surface area contributed by atoms with Gasteiger partial charge in [-0.1, -0.05) is 0 Å². The predicted octanol–water partition coefficient (Wildman–Crippen LogP) is 1.42. The molecular weight excluding hydrogens is 232 g/mol. The number of alkyl halides is 2. The number of fused-ring (bicyclic) bond motifs is 1. The molecule has 1 aliphatic heterocycles. The first-order valence-corrected chi connectivity index (χ1v) is 4.17. The fourth-order valence-electron chi connectivity index (χ4n) is 1.32. The van der Waals surface area contributed by atoms with E-state index in [4.69, 9.17) is 5.73 Å². The molecule has 0 unspecified atom stereocenters. The van der Waals surface area contributed by atoms with E-state index in [1.807, 2.05) is 0 Å². The van der Waals surface area contributed by atoms with Crippen LogP contribution in [0.4, 0.5) is 14.5 Å². The summed E-state index contributed by atoms with van der Waals surface area (Å²) in [5.41, 5.74) is 6.26. The van der Waals surface area contributed by atoms with Gasteiger partial charge in [-0.25, -0.2) is 8.78 Å². The van der Waals surface area contributed by atoms with Gasteiger partial charge in [-0.15, -0.1) is 0 Å². The maximum atomic E-state index is 12.8. The molecule has 0 aliphatic carbocycles. The van der Waals surface area contributed by atoms with E-state index in [2.05, 4.69) is 21.0 Å². The number of nitrogen functional groups attached to an aromatic ring is 1. The van der Waals surface area contributed by atoms with E-state index in [1.54, 1.807) is 0 Å². The van der Waals surface area contributed by atoms with Crippen LogP contribution in [0.25, 0.3) is 0 Å². The summed E-state index contributed by atoms with van der Waals surface area (Å²) < 4.78 is 27.2. The Kier molecular flexibility index (Phi) is 1.45. The minimum absolute atomic E-state index is 0.308. The molecule has 1 aromatic rings. The zero-order valence-electron chi connectivity index (χ0n) is 6.02. The highest BCUT2D eigenvalue weighted by Gasteiger charge is 2.40. The molecule has 1 aliphatic rings. The lowest BCUT2D eigenvalue weighted by atomic mass is 10.2. The lowest BCUT2D eigenvalue weighted by Gasteiger charge is -2.04. The van der Waals surface area contributed by atoms with Gasteiger partial charge in [0.05, 0.1) is 17.8 Å². The van der Waals surface area contributed by atoms with Crippen LogP contribution in [-0.2, 0) is 13.0 Å². The first kappa shape index (κ1) is 7.97. The van der Waals surface area contributed by atoms with Gasteiger partial charge in [0.15, 0.2) is 4.60 Å². The standard InChI is InChI=1S/C6H6BrF2N3/c7-5-4(10)3-1-6(8,9)2-12(3)11-5/h1-2,10H2. The molecule has 2 heterocycles. The fourth-order valence-corrected chi connectivity index (χ4v) is 1.74. The molecule has 2 rings (SSSR count). The normalized spacial score (nSPS) is 19.6. The molecule has 6 heteroatoms. The molecule has 0 amide bonds. The predicted molar refractivity (Wildman–Crippen MR) is 43.0 cm³/mol. The van der Waals surface area contributed by atoms with Crippen molar-refractivity contribution < 1.29 is 8.78 Å². The van der Waals surface area contributed by atoms with Gasteiger partial charge in [0, 0.05) is 0 Å². The van der Waals surface area contributed by atoms with Gasteiger partial charge in [0.1, 0.15) is 6.54 Å². The second-order valence-electron chi connectivity index (χ2n) is 2.84. The van der Waals surface area contributed by atoms with Crippen molar-refractivity contribution >= 4 is 21.6 Å². The Bertz CT molecular complexity index is 334. The van der Waals surface area contributed by atoms with Crippen LogP contribution in [0.3, 0.4) is 0 Å². The third-order valence-electron chi connectivity index (χ3n) is 1.86. The Morgan fingerprint density at radius 2 is 2.25 bits per heavy atom. The number of hydrogen-bond acceptors (Lipinski definition) is 2. The van der Waals surface area contributed by atoms with Crippen LogP contribution in [0.5, 0.6) is 0 Å². The highest BCUT2D eigenvalue weighted by molar-refractivity contribution is 9.10. The Labute approximate surface area is 75.7 Å². The summed E-state index contributed by atoms with van der Waals surface area (Å²) in [7, 11) is 0. The van der Waals surface area contributed by atoms with Crippen molar-refractivity contribution in [1.82, 2.24) is 9.78 Å². The van der Waals surface area contributed by atoms with Crippen molar-refractivity contribution in [3.05, 3.63) is 10.3 Å². The summed E-state index contributed by atoms with van der Waals surface area (Å²) >= 11 is 3.08. The van der Waals surface area contributed by atoms with Crippen molar-refractivity contribution in [2.45, 2.75) is 18.9 Å². The van der Waals surface area contributed by atoms with Crippen LogP contribution in [-0.4, -0.2) is 15.7 Å². The van der Waals surface area contributed by atoms with E-state index in [0.717, 1.165) is 0 Å². The molecule has 0 bridgehead atoms. The highest BCUT2D eigenvalue weighted by atomic mass is 79.9. The van der Waals surface area contributed by atoms with E-state index in [-0.39, 0.29) is 13.0 Å². The van der Waals surface area contributed by atoms with Crippen LogP contribution in [0, 0.1) is 0 Å². The number of hydrogen-bond donors (Lipinski definition) is 1. The average molecular weight is 238 g/mol. The molecule has 0 fully saturated rings. The molecule has 3 nitrogen and oxygen atoms in total. The summed E-state index contributed by atoms with van der Waals surface area (Å²) in [6.45, 7) is -0.363. The van der Waals surface area contributed by atoms with Gasteiger partial charge in [0.25, 0.3) is 5.92 Å². The molecule has 0 radical (unpaired) electrons. The number of nitrogens with zero attached hydrogens (tertiary/aromatic N) is 2.